The number of nitrogens with zero attached hydrogens (tertiary/aromatic N) is 3. The topological polar surface area (TPSA) is 124 Å². The monoisotopic (exact) mass is 335 g/mol. The highest BCUT2D eigenvalue weighted by molar-refractivity contribution is 5.66. The highest BCUT2D eigenvalue weighted by Gasteiger charge is 2.20. The summed E-state index contributed by atoms with van der Waals surface area (Å²) >= 11 is 0. The number of ether oxygens (including phenoxy) is 2. The Morgan fingerprint density at radius 1 is 1.35 bits per heavy atom. The molecule has 0 aromatic rings. The molecule has 0 aliphatic carbocycles. The van der Waals surface area contributed by atoms with Gasteiger partial charge in [-0.25, -0.2) is 4.79 Å². The summed E-state index contributed by atoms with van der Waals surface area (Å²) in [4.78, 5) is 26.6. The maximum atomic E-state index is 11.6. The van der Waals surface area contributed by atoms with Gasteiger partial charge in [0.2, 0.25) is 5.28 Å². The van der Waals surface area contributed by atoms with Crippen molar-refractivity contribution in [3.63, 3.8) is 0 Å². The third-order valence-electron chi connectivity index (χ3n) is 2.33. The van der Waals surface area contributed by atoms with E-state index in [1.807, 2.05) is 0 Å². The first-order valence-corrected chi connectivity index (χ1v) is 7.18. The second-order valence-electron chi connectivity index (χ2n) is 5.82. The molecule has 23 heavy (non-hydrogen) atoms. The van der Waals surface area contributed by atoms with Crippen LogP contribution in [0.3, 0.4) is 0 Å². The van der Waals surface area contributed by atoms with Crippen molar-refractivity contribution < 1.29 is 34.0 Å². The Balaban J connectivity index is 4.11. The van der Waals surface area contributed by atoms with Crippen molar-refractivity contribution in [2.45, 2.75) is 58.8 Å². The second-order valence-corrected chi connectivity index (χ2v) is 5.82. The predicted molar refractivity (Wildman–Crippen MR) is 78.0 cm³/mol. The fourth-order valence-electron chi connectivity index (χ4n) is 1.30. The Morgan fingerprint density at radius 2 is 1.96 bits per heavy atom. The van der Waals surface area contributed by atoms with Crippen LogP contribution in [0.1, 0.15) is 47.0 Å². The first-order chi connectivity index (χ1) is 10.5. The molecule has 1 unspecified atom stereocenters. The van der Waals surface area contributed by atoms with Crippen LogP contribution < -0.4 is 0 Å². The van der Waals surface area contributed by atoms with E-state index in [9.17, 15) is 14.8 Å². The summed E-state index contributed by atoms with van der Waals surface area (Å²) in [5, 5.41) is 24.5. The third kappa shape index (κ3) is 12.0. The van der Waals surface area contributed by atoms with E-state index in [0.717, 1.165) is 0 Å². The van der Waals surface area contributed by atoms with Gasteiger partial charge in [0.05, 0.1) is 18.6 Å². The van der Waals surface area contributed by atoms with Crippen LogP contribution >= 0.6 is 0 Å². The molecule has 0 spiro atoms. The van der Waals surface area contributed by atoms with E-state index in [1.165, 1.54) is 19.0 Å². The van der Waals surface area contributed by atoms with Gasteiger partial charge in [-0.05, 0) is 33.6 Å². The Morgan fingerprint density at radius 3 is 2.48 bits per heavy atom. The Kier molecular flexibility index (Phi) is 8.74. The van der Waals surface area contributed by atoms with Crippen LogP contribution in [-0.2, 0) is 19.1 Å². The van der Waals surface area contributed by atoms with Gasteiger partial charge in [-0.15, -0.1) is 5.01 Å². The lowest BCUT2D eigenvalue weighted by atomic mass is 10.2. The van der Waals surface area contributed by atoms with Gasteiger partial charge >= 0.3 is 12.1 Å². The van der Waals surface area contributed by atoms with E-state index in [4.69, 9.17) is 19.4 Å². The van der Waals surface area contributed by atoms with Gasteiger partial charge in [-0.1, -0.05) is 0 Å². The number of hydrogen-bond acceptors (Lipinski definition) is 7. The number of carbonyl (C=O) groups is 2. The molecule has 0 bridgehead atoms. The molecule has 1 atom stereocenters. The van der Waals surface area contributed by atoms with Gasteiger partial charge < -0.3 is 19.8 Å². The van der Waals surface area contributed by atoms with Gasteiger partial charge in [0.1, 0.15) is 5.60 Å². The van der Waals surface area contributed by atoms with E-state index in [0.29, 0.717) is 19.4 Å². The first kappa shape index (κ1) is 20.7. The van der Waals surface area contributed by atoms with Crippen LogP contribution in [0.4, 0.5) is 4.79 Å². The summed E-state index contributed by atoms with van der Waals surface area (Å²) in [6.07, 6.45) is -1.02. The quantitative estimate of drug-likeness (QED) is 0.170. The molecule has 1 N–H and O–H groups in total. The highest BCUT2D eigenvalue weighted by Crippen LogP contribution is 2.09. The molecule has 0 radical (unpaired) electrons. The molecular weight excluding hydrogens is 310 g/mol. The zero-order valence-corrected chi connectivity index (χ0v) is 14.1. The first-order valence-electron chi connectivity index (χ1n) is 7.18. The summed E-state index contributed by atoms with van der Waals surface area (Å²) in [5.74, 6) is -0.882. The van der Waals surface area contributed by atoms with E-state index in [1.54, 1.807) is 20.8 Å². The fraction of sp³-hybridized carbons (Fsp3) is 0.846. The van der Waals surface area contributed by atoms with E-state index in [2.05, 4.69) is 5.28 Å². The normalized spacial score (nSPS) is 13.2. The number of carbonyl (C=O) groups excluding carboxylic acids is 1. The van der Waals surface area contributed by atoms with Gasteiger partial charge in [-0.2, -0.15) is 0 Å². The van der Waals surface area contributed by atoms with Crippen LogP contribution in [-0.4, -0.2) is 52.7 Å². The van der Waals surface area contributed by atoms with E-state index in [-0.39, 0.29) is 11.4 Å². The summed E-state index contributed by atoms with van der Waals surface area (Å²) in [6, 6.07) is 0. The van der Waals surface area contributed by atoms with Crippen molar-refractivity contribution >= 4 is 12.1 Å². The summed E-state index contributed by atoms with van der Waals surface area (Å²) in [5.41, 5.74) is -0.700. The zero-order chi connectivity index (χ0) is 18.0. The van der Waals surface area contributed by atoms with Crippen LogP contribution in [0.2, 0.25) is 0 Å². The van der Waals surface area contributed by atoms with Crippen molar-refractivity contribution in [2.75, 3.05) is 13.6 Å². The third-order valence-corrected chi connectivity index (χ3v) is 2.33. The lowest BCUT2D eigenvalue weighted by molar-refractivity contribution is -0.707. The number of rotatable bonds is 9. The number of hydrazine groups is 1. The standard InChI is InChI=1S/C13H25N3O7/c1-10(21-12(19)22-13(2,3)4)23-14-16(20)15(5)9-7-6-8-11(17)18/h10H,6-9H2,1-5H3,(H,17,18)/b16-14-. The SMILES string of the molecule is CC(O/N=[N+](\[O-])N(C)CCCCC(=O)O)OC(=O)OC(C)(C)C. The molecule has 0 amide bonds. The highest BCUT2D eigenvalue weighted by atomic mass is 16.8. The number of unbranched alkanes of at least 4 members (excludes halogenated alkanes) is 1. The molecule has 10 heteroatoms. The predicted octanol–water partition coefficient (Wildman–Crippen LogP) is 2.28. The van der Waals surface area contributed by atoms with Crippen LogP contribution in [0.5, 0.6) is 0 Å². The maximum absolute atomic E-state index is 11.6. The summed E-state index contributed by atoms with van der Waals surface area (Å²) < 4.78 is 9.67. The van der Waals surface area contributed by atoms with Crippen molar-refractivity contribution in [3.05, 3.63) is 5.21 Å². The average molecular weight is 335 g/mol. The fourth-order valence-corrected chi connectivity index (χ4v) is 1.30. The lowest BCUT2D eigenvalue weighted by Gasteiger charge is -2.20. The van der Waals surface area contributed by atoms with Gasteiger partial charge in [0.25, 0.3) is 6.29 Å². The molecule has 10 nitrogen and oxygen atoms in total. The lowest BCUT2D eigenvalue weighted by Crippen LogP contribution is -2.29. The number of hydrogen-bond donors (Lipinski definition) is 1. The molecule has 134 valence electrons. The number of aliphatic carboxylic acids is 1. The maximum Gasteiger partial charge on any atom is 0.511 e. The Labute approximate surface area is 135 Å². The van der Waals surface area contributed by atoms with Crippen molar-refractivity contribution in [2.24, 2.45) is 5.28 Å². The van der Waals surface area contributed by atoms with E-state index >= 15 is 0 Å². The number of carboxylic acids is 1. The molecule has 0 aromatic heterocycles. The van der Waals surface area contributed by atoms with Crippen molar-refractivity contribution in [1.29, 1.82) is 0 Å². The molecule has 0 aromatic carbocycles. The Hall–Kier alpha value is -2.26. The minimum atomic E-state index is -1.10. The van der Waals surface area contributed by atoms with Gasteiger partial charge in [-0.3, -0.25) is 9.63 Å². The molecular formula is C13H25N3O7. The molecule has 0 saturated heterocycles. The average Bonchev–Trinajstić information content (AvgIpc) is 2.38. The molecule has 0 aliphatic heterocycles. The largest absolute Gasteiger partial charge is 0.569 e. The van der Waals surface area contributed by atoms with Gasteiger partial charge in [0, 0.05) is 13.3 Å². The van der Waals surface area contributed by atoms with E-state index < -0.39 is 24.0 Å². The van der Waals surface area contributed by atoms with Crippen LogP contribution in [0.15, 0.2) is 5.28 Å². The van der Waals surface area contributed by atoms with Gasteiger partial charge in [0.15, 0.2) is 0 Å². The summed E-state index contributed by atoms with van der Waals surface area (Å²) in [6.45, 7) is 6.74. The summed E-state index contributed by atoms with van der Waals surface area (Å²) in [7, 11) is 1.47. The molecule has 0 aliphatic rings. The van der Waals surface area contributed by atoms with Crippen LogP contribution in [0, 0.1) is 5.21 Å². The minimum Gasteiger partial charge on any atom is -0.569 e. The van der Waals surface area contributed by atoms with Crippen LogP contribution in [0.25, 0.3) is 0 Å². The number of carboxylic acid groups (broad SMARTS) is 1. The Bertz CT molecular complexity index is 420. The smallest absolute Gasteiger partial charge is 0.511 e. The van der Waals surface area contributed by atoms with Crippen molar-refractivity contribution in [1.82, 2.24) is 5.01 Å². The molecule has 0 fully saturated rings. The zero-order valence-electron chi connectivity index (χ0n) is 14.1. The van der Waals surface area contributed by atoms with Crippen molar-refractivity contribution in [3.8, 4) is 0 Å². The molecule has 0 rings (SSSR count). The molecule has 0 heterocycles. The minimum absolute atomic E-state index is 0.0428. The second kappa shape index (κ2) is 9.70. The molecule has 0 saturated carbocycles.